The highest BCUT2D eigenvalue weighted by atomic mass is 127. The fourth-order valence-corrected chi connectivity index (χ4v) is 2.89. The predicted molar refractivity (Wildman–Crippen MR) is 111 cm³/mol. The number of nitrogens with one attached hydrogen (secondary N) is 2. The molecule has 1 saturated carbocycles. The Hall–Kier alpha value is -0.980. The maximum Gasteiger partial charge on any atom is 0.191 e. The Balaban J connectivity index is 0.00000264. The van der Waals surface area contributed by atoms with Crippen molar-refractivity contribution in [3.05, 3.63) is 29.8 Å². The minimum Gasteiger partial charge on any atom is -0.378 e. The van der Waals surface area contributed by atoms with Crippen LogP contribution in [-0.4, -0.2) is 33.1 Å². The summed E-state index contributed by atoms with van der Waals surface area (Å²) >= 11 is 0. The quantitative estimate of drug-likeness (QED) is 0.436. The van der Waals surface area contributed by atoms with E-state index in [9.17, 15) is 0 Å². The molecule has 0 heterocycles. The Morgan fingerprint density at radius 2 is 1.74 bits per heavy atom. The molecule has 2 rings (SSSR count). The molecular formula is C18H31IN4. The van der Waals surface area contributed by atoms with Crippen LogP contribution >= 0.6 is 24.0 Å². The fourth-order valence-electron chi connectivity index (χ4n) is 2.89. The molecule has 0 bridgehead atoms. The van der Waals surface area contributed by atoms with Gasteiger partial charge in [0.1, 0.15) is 0 Å². The molecule has 0 unspecified atom stereocenters. The molecule has 0 aromatic heterocycles. The van der Waals surface area contributed by atoms with E-state index in [1.165, 1.54) is 36.9 Å². The van der Waals surface area contributed by atoms with Gasteiger partial charge in [0.2, 0.25) is 0 Å². The third kappa shape index (κ3) is 6.57. The topological polar surface area (TPSA) is 39.7 Å². The number of aliphatic imine (C=N–C) groups is 1. The predicted octanol–water partition coefficient (Wildman–Crippen LogP) is 3.61. The van der Waals surface area contributed by atoms with E-state index in [1.807, 2.05) is 7.05 Å². The minimum absolute atomic E-state index is 0. The number of rotatable bonds is 4. The van der Waals surface area contributed by atoms with Crippen molar-refractivity contribution < 1.29 is 0 Å². The molecule has 0 aliphatic heterocycles. The van der Waals surface area contributed by atoms with Gasteiger partial charge in [-0.3, -0.25) is 4.99 Å². The zero-order valence-electron chi connectivity index (χ0n) is 14.8. The lowest BCUT2D eigenvalue weighted by atomic mass is 9.87. The molecule has 1 aliphatic rings. The van der Waals surface area contributed by atoms with E-state index < -0.39 is 0 Å². The Labute approximate surface area is 158 Å². The van der Waals surface area contributed by atoms with Crippen molar-refractivity contribution in [1.29, 1.82) is 0 Å². The number of hydrogen-bond acceptors (Lipinski definition) is 2. The van der Waals surface area contributed by atoms with Crippen LogP contribution in [0.15, 0.2) is 29.3 Å². The average molecular weight is 430 g/mol. The molecule has 1 aliphatic carbocycles. The first kappa shape index (κ1) is 20.1. The van der Waals surface area contributed by atoms with E-state index >= 15 is 0 Å². The number of halogens is 1. The first-order valence-corrected chi connectivity index (χ1v) is 8.32. The summed E-state index contributed by atoms with van der Waals surface area (Å²) in [5.41, 5.74) is 2.49. The molecular weight excluding hydrogens is 399 g/mol. The fraction of sp³-hybridized carbons (Fsp3) is 0.611. The van der Waals surface area contributed by atoms with Gasteiger partial charge in [-0.15, -0.1) is 24.0 Å². The number of benzene rings is 1. The van der Waals surface area contributed by atoms with Gasteiger partial charge in [-0.25, -0.2) is 0 Å². The van der Waals surface area contributed by atoms with E-state index in [1.54, 1.807) is 0 Å². The number of anilines is 1. The van der Waals surface area contributed by atoms with Gasteiger partial charge in [0.15, 0.2) is 5.96 Å². The number of nitrogens with zero attached hydrogens (tertiary/aromatic N) is 2. The van der Waals surface area contributed by atoms with Crippen molar-refractivity contribution in [3.63, 3.8) is 0 Å². The van der Waals surface area contributed by atoms with E-state index in [0.717, 1.165) is 18.4 Å². The van der Waals surface area contributed by atoms with E-state index in [4.69, 9.17) is 0 Å². The van der Waals surface area contributed by atoms with Crippen LogP contribution in [0.25, 0.3) is 0 Å². The smallest absolute Gasteiger partial charge is 0.191 e. The van der Waals surface area contributed by atoms with E-state index in [0.29, 0.717) is 6.04 Å². The molecule has 0 spiro atoms. The van der Waals surface area contributed by atoms with Gasteiger partial charge in [0.05, 0.1) is 0 Å². The van der Waals surface area contributed by atoms with Gasteiger partial charge in [-0.05, 0) is 49.3 Å². The van der Waals surface area contributed by atoms with Crippen molar-refractivity contribution in [3.8, 4) is 0 Å². The van der Waals surface area contributed by atoms with Crippen molar-refractivity contribution in [1.82, 2.24) is 10.6 Å². The minimum atomic E-state index is 0. The maximum atomic E-state index is 4.35. The van der Waals surface area contributed by atoms with Gasteiger partial charge in [-0.2, -0.15) is 0 Å². The van der Waals surface area contributed by atoms with Crippen LogP contribution in [0.5, 0.6) is 0 Å². The summed E-state index contributed by atoms with van der Waals surface area (Å²) in [4.78, 5) is 6.46. The Morgan fingerprint density at radius 3 is 2.26 bits per heavy atom. The Morgan fingerprint density at radius 1 is 1.13 bits per heavy atom. The second-order valence-corrected chi connectivity index (χ2v) is 6.59. The molecule has 23 heavy (non-hydrogen) atoms. The number of hydrogen-bond donors (Lipinski definition) is 2. The molecule has 2 N–H and O–H groups in total. The zero-order valence-corrected chi connectivity index (χ0v) is 17.1. The molecule has 5 heteroatoms. The van der Waals surface area contributed by atoms with Crippen LogP contribution in [0, 0.1) is 5.92 Å². The third-order valence-electron chi connectivity index (χ3n) is 4.49. The zero-order chi connectivity index (χ0) is 15.9. The van der Waals surface area contributed by atoms with Crippen LogP contribution in [0.2, 0.25) is 0 Å². The Kier molecular flexibility index (Phi) is 8.73. The summed E-state index contributed by atoms with van der Waals surface area (Å²) in [7, 11) is 5.96. The lowest BCUT2D eigenvalue weighted by Gasteiger charge is -2.28. The second-order valence-electron chi connectivity index (χ2n) is 6.59. The summed E-state index contributed by atoms with van der Waals surface area (Å²) in [5, 5.41) is 6.97. The first-order valence-electron chi connectivity index (χ1n) is 8.32. The first-order chi connectivity index (χ1) is 10.6. The summed E-state index contributed by atoms with van der Waals surface area (Å²) < 4.78 is 0. The van der Waals surface area contributed by atoms with E-state index in [2.05, 4.69) is 65.8 Å². The average Bonchev–Trinajstić information content (AvgIpc) is 2.53. The summed E-state index contributed by atoms with van der Waals surface area (Å²) in [6, 6.07) is 9.19. The Bertz CT molecular complexity index is 476. The van der Waals surface area contributed by atoms with Gasteiger partial charge in [-0.1, -0.05) is 19.1 Å². The van der Waals surface area contributed by atoms with Crippen molar-refractivity contribution in [2.24, 2.45) is 10.9 Å². The molecule has 1 fully saturated rings. The normalized spacial score (nSPS) is 21.3. The number of guanidine groups is 1. The highest BCUT2D eigenvalue weighted by Crippen LogP contribution is 2.23. The van der Waals surface area contributed by atoms with Crippen LogP contribution in [-0.2, 0) is 6.54 Å². The highest BCUT2D eigenvalue weighted by molar-refractivity contribution is 14.0. The summed E-state index contributed by atoms with van der Waals surface area (Å²) in [6.07, 6.45) is 5.14. The largest absolute Gasteiger partial charge is 0.378 e. The SMILES string of the molecule is CN=C(NCc1ccc(N(C)C)cc1)NC1CCC(C)CC1.I. The standard InChI is InChI=1S/C18H30N4.HI/c1-14-5-9-16(10-6-14)21-18(19-2)20-13-15-7-11-17(12-8-15)22(3)4;/h7-8,11-12,14,16H,5-6,9-10,13H2,1-4H3,(H2,19,20,21);1H. The van der Waals surface area contributed by atoms with Crippen LogP contribution < -0.4 is 15.5 Å². The lowest BCUT2D eigenvalue weighted by molar-refractivity contribution is 0.329. The van der Waals surface area contributed by atoms with Gasteiger partial charge in [0.25, 0.3) is 0 Å². The molecule has 0 amide bonds. The van der Waals surface area contributed by atoms with Crippen LogP contribution in [0.4, 0.5) is 5.69 Å². The maximum absolute atomic E-state index is 4.35. The molecule has 130 valence electrons. The third-order valence-corrected chi connectivity index (χ3v) is 4.49. The lowest BCUT2D eigenvalue weighted by Crippen LogP contribution is -2.44. The molecule has 1 aromatic carbocycles. The van der Waals surface area contributed by atoms with Crippen LogP contribution in [0.3, 0.4) is 0 Å². The van der Waals surface area contributed by atoms with Crippen molar-refractivity contribution in [2.75, 3.05) is 26.0 Å². The molecule has 1 aromatic rings. The van der Waals surface area contributed by atoms with E-state index in [-0.39, 0.29) is 24.0 Å². The molecule has 0 atom stereocenters. The van der Waals surface area contributed by atoms with Gasteiger partial charge >= 0.3 is 0 Å². The second kappa shape index (κ2) is 10.0. The van der Waals surface area contributed by atoms with Gasteiger partial charge < -0.3 is 15.5 Å². The van der Waals surface area contributed by atoms with Crippen molar-refractivity contribution >= 4 is 35.6 Å². The molecule has 0 radical (unpaired) electrons. The summed E-state index contributed by atoms with van der Waals surface area (Å²) in [6.45, 7) is 3.15. The molecule has 0 saturated heterocycles. The van der Waals surface area contributed by atoms with Crippen LogP contribution in [0.1, 0.15) is 38.2 Å². The monoisotopic (exact) mass is 430 g/mol. The van der Waals surface area contributed by atoms with Crippen molar-refractivity contribution in [2.45, 2.75) is 45.2 Å². The highest BCUT2D eigenvalue weighted by Gasteiger charge is 2.18. The molecule has 4 nitrogen and oxygen atoms in total. The summed E-state index contributed by atoms with van der Waals surface area (Å²) in [5.74, 6) is 1.79. The van der Waals surface area contributed by atoms with Gasteiger partial charge in [0, 0.05) is 39.4 Å².